The minimum absolute atomic E-state index is 0.0231. The van der Waals surface area contributed by atoms with E-state index in [-0.39, 0.29) is 17.8 Å². The van der Waals surface area contributed by atoms with E-state index >= 15 is 0 Å². The number of anilines is 1. The second-order valence-electron chi connectivity index (χ2n) is 5.39. The third kappa shape index (κ3) is 4.93. The average molecular weight is 326 g/mol. The molecule has 2 aromatic rings. The van der Waals surface area contributed by atoms with Crippen LogP contribution >= 0.6 is 0 Å². The Bertz CT molecular complexity index is 669. The second-order valence-corrected chi connectivity index (χ2v) is 5.39. The Balaban J connectivity index is 1.95. The van der Waals surface area contributed by atoms with E-state index in [2.05, 4.69) is 5.32 Å². The van der Waals surface area contributed by atoms with Crippen molar-refractivity contribution in [2.45, 2.75) is 19.3 Å². The molecule has 0 aliphatic rings. The number of carbonyl (C=O) groups is 2. The minimum Gasteiger partial charge on any atom is -0.462 e. The van der Waals surface area contributed by atoms with Crippen LogP contribution in [0.15, 0.2) is 54.6 Å². The van der Waals surface area contributed by atoms with E-state index in [1.54, 1.807) is 31.2 Å². The van der Waals surface area contributed by atoms with Crippen molar-refractivity contribution in [3.8, 4) is 0 Å². The van der Waals surface area contributed by atoms with Gasteiger partial charge in [-0.3, -0.25) is 4.79 Å². The van der Waals surface area contributed by atoms with Crippen molar-refractivity contribution in [2.75, 3.05) is 18.5 Å². The summed E-state index contributed by atoms with van der Waals surface area (Å²) >= 11 is 0. The van der Waals surface area contributed by atoms with Gasteiger partial charge in [-0.15, -0.1) is 0 Å². The molecule has 1 amide bonds. The van der Waals surface area contributed by atoms with Gasteiger partial charge in [-0.1, -0.05) is 30.3 Å². The smallest absolute Gasteiger partial charge is 0.338 e. The summed E-state index contributed by atoms with van der Waals surface area (Å²) in [6, 6.07) is 16.4. The number of hydrogen-bond acceptors (Lipinski definition) is 4. The van der Waals surface area contributed by atoms with Crippen molar-refractivity contribution in [1.82, 2.24) is 0 Å². The molecule has 0 saturated heterocycles. The van der Waals surface area contributed by atoms with Crippen LogP contribution in [0.4, 0.5) is 5.69 Å². The second kappa shape index (κ2) is 8.84. The van der Waals surface area contributed by atoms with E-state index in [0.717, 1.165) is 5.56 Å². The zero-order chi connectivity index (χ0) is 17.4. The Labute approximate surface area is 141 Å². The first kappa shape index (κ1) is 17.7. The predicted molar refractivity (Wildman–Crippen MR) is 93.9 cm³/mol. The Morgan fingerprint density at radius 3 is 2.33 bits per heavy atom. The molecule has 1 atom stereocenters. The number of amides is 1. The highest BCUT2D eigenvalue weighted by Gasteiger charge is 2.15. The van der Waals surface area contributed by atoms with E-state index in [4.69, 9.17) is 10.5 Å². The predicted octanol–water partition coefficient (Wildman–Crippen LogP) is 2.93. The van der Waals surface area contributed by atoms with E-state index in [1.807, 2.05) is 30.3 Å². The maximum Gasteiger partial charge on any atom is 0.338 e. The van der Waals surface area contributed by atoms with Gasteiger partial charge in [0.05, 0.1) is 12.2 Å². The lowest BCUT2D eigenvalue weighted by molar-refractivity contribution is -0.116. The van der Waals surface area contributed by atoms with Crippen molar-refractivity contribution in [3.05, 3.63) is 65.7 Å². The van der Waals surface area contributed by atoms with Crippen molar-refractivity contribution in [3.63, 3.8) is 0 Å². The van der Waals surface area contributed by atoms with Gasteiger partial charge < -0.3 is 15.8 Å². The number of hydrogen-bond donors (Lipinski definition) is 2. The first-order valence-electron chi connectivity index (χ1n) is 7.96. The number of nitrogens with one attached hydrogen (secondary N) is 1. The number of ether oxygens (including phenoxy) is 1. The van der Waals surface area contributed by atoms with Gasteiger partial charge in [-0.2, -0.15) is 0 Å². The zero-order valence-corrected chi connectivity index (χ0v) is 13.7. The van der Waals surface area contributed by atoms with Gasteiger partial charge in [0, 0.05) is 18.0 Å². The molecule has 2 aromatic carbocycles. The number of benzene rings is 2. The quantitative estimate of drug-likeness (QED) is 0.767. The lowest BCUT2D eigenvalue weighted by Gasteiger charge is -2.15. The van der Waals surface area contributed by atoms with Crippen LogP contribution in [-0.2, 0) is 9.53 Å². The van der Waals surface area contributed by atoms with Crippen LogP contribution in [0.5, 0.6) is 0 Å². The Hall–Kier alpha value is -2.66. The van der Waals surface area contributed by atoms with Crippen LogP contribution in [0.1, 0.15) is 35.2 Å². The van der Waals surface area contributed by atoms with Crippen molar-refractivity contribution in [1.29, 1.82) is 0 Å². The SMILES string of the molecule is CCOC(=O)c1ccc(NC(=O)CC(CN)c2ccccc2)cc1. The summed E-state index contributed by atoms with van der Waals surface area (Å²) in [7, 11) is 0. The van der Waals surface area contributed by atoms with Crippen molar-refractivity contribution < 1.29 is 14.3 Å². The van der Waals surface area contributed by atoms with Gasteiger partial charge in [-0.05, 0) is 43.3 Å². The highest BCUT2D eigenvalue weighted by atomic mass is 16.5. The lowest BCUT2D eigenvalue weighted by Crippen LogP contribution is -2.21. The lowest BCUT2D eigenvalue weighted by atomic mass is 9.95. The summed E-state index contributed by atoms with van der Waals surface area (Å²) in [6.07, 6.45) is 0.306. The topological polar surface area (TPSA) is 81.4 Å². The molecule has 0 spiro atoms. The molecule has 5 nitrogen and oxygen atoms in total. The third-order valence-electron chi connectivity index (χ3n) is 3.67. The number of carbonyl (C=O) groups excluding carboxylic acids is 2. The summed E-state index contributed by atoms with van der Waals surface area (Å²) in [6.45, 7) is 2.49. The van der Waals surface area contributed by atoms with Gasteiger partial charge >= 0.3 is 5.97 Å². The van der Waals surface area contributed by atoms with Crippen LogP contribution in [0.2, 0.25) is 0 Å². The normalized spacial score (nSPS) is 11.6. The molecule has 24 heavy (non-hydrogen) atoms. The van der Waals surface area contributed by atoms with E-state index in [1.165, 1.54) is 0 Å². The molecule has 2 rings (SSSR count). The van der Waals surface area contributed by atoms with Gasteiger partial charge in [-0.25, -0.2) is 4.79 Å². The van der Waals surface area contributed by atoms with E-state index in [9.17, 15) is 9.59 Å². The molecule has 0 aliphatic carbocycles. The number of esters is 1. The standard InChI is InChI=1S/C19H22N2O3/c1-2-24-19(23)15-8-10-17(11-9-15)21-18(22)12-16(13-20)14-6-4-3-5-7-14/h3-11,16H,2,12-13,20H2,1H3,(H,21,22). The van der Waals surface area contributed by atoms with Crippen molar-refractivity contribution in [2.24, 2.45) is 5.73 Å². The molecule has 0 heterocycles. The molecule has 0 aromatic heterocycles. The van der Waals surface area contributed by atoms with Crippen LogP contribution in [-0.4, -0.2) is 25.0 Å². The van der Waals surface area contributed by atoms with Gasteiger partial charge in [0.15, 0.2) is 0 Å². The monoisotopic (exact) mass is 326 g/mol. The van der Waals surface area contributed by atoms with Crippen molar-refractivity contribution >= 4 is 17.6 Å². The third-order valence-corrected chi connectivity index (χ3v) is 3.67. The van der Waals surface area contributed by atoms with Crippen LogP contribution in [0.3, 0.4) is 0 Å². The first-order valence-corrected chi connectivity index (χ1v) is 7.96. The molecular formula is C19H22N2O3. The maximum atomic E-state index is 12.2. The minimum atomic E-state index is -0.373. The zero-order valence-electron chi connectivity index (χ0n) is 13.7. The molecule has 0 bridgehead atoms. The number of nitrogens with two attached hydrogens (primary N) is 1. The van der Waals surface area contributed by atoms with Crippen LogP contribution in [0.25, 0.3) is 0 Å². The molecule has 5 heteroatoms. The molecule has 0 fully saturated rings. The molecular weight excluding hydrogens is 304 g/mol. The fourth-order valence-electron chi connectivity index (χ4n) is 2.40. The molecule has 0 aliphatic heterocycles. The summed E-state index contributed by atoms with van der Waals surface area (Å²) < 4.78 is 4.92. The highest BCUT2D eigenvalue weighted by molar-refractivity contribution is 5.93. The maximum absolute atomic E-state index is 12.2. The summed E-state index contributed by atoms with van der Waals surface area (Å²) in [5, 5.41) is 2.83. The average Bonchev–Trinajstić information content (AvgIpc) is 2.61. The Morgan fingerprint density at radius 1 is 1.08 bits per heavy atom. The summed E-state index contributed by atoms with van der Waals surface area (Å²) in [5.41, 5.74) is 7.94. The van der Waals surface area contributed by atoms with Gasteiger partial charge in [0.1, 0.15) is 0 Å². The molecule has 0 saturated carbocycles. The van der Waals surface area contributed by atoms with Crippen LogP contribution < -0.4 is 11.1 Å². The molecule has 1 unspecified atom stereocenters. The molecule has 0 radical (unpaired) electrons. The van der Waals surface area contributed by atoms with E-state index in [0.29, 0.717) is 30.8 Å². The van der Waals surface area contributed by atoms with Gasteiger partial charge in [0.2, 0.25) is 5.91 Å². The Kier molecular flexibility index (Phi) is 6.51. The number of rotatable bonds is 7. The first-order chi connectivity index (χ1) is 11.6. The van der Waals surface area contributed by atoms with E-state index < -0.39 is 0 Å². The fraction of sp³-hybridized carbons (Fsp3) is 0.263. The summed E-state index contributed by atoms with van der Waals surface area (Å²) in [4.78, 5) is 23.8. The van der Waals surface area contributed by atoms with Gasteiger partial charge in [0.25, 0.3) is 0 Å². The molecule has 126 valence electrons. The molecule has 3 N–H and O–H groups in total. The highest BCUT2D eigenvalue weighted by Crippen LogP contribution is 2.19. The van der Waals surface area contributed by atoms with Crippen LogP contribution in [0, 0.1) is 0 Å². The summed E-state index contributed by atoms with van der Waals surface area (Å²) in [5.74, 6) is -0.508. The fourth-order valence-corrected chi connectivity index (χ4v) is 2.40. The Morgan fingerprint density at radius 2 is 1.75 bits per heavy atom. The largest absolute Gasteiger partial charge is 0.462 e.